The Morgan fingerprint density at radius 3 is 2.52 bits per heavy atom. The molecule has 0 unspecified atom stereocenters. The first kappa shape index (κ1) is 14.8. The Morgan fingerprint density at radius 2 is 1.70 bits per heavy atom. The van der Waals surface area contributed by atoms with Gasteiger partial charge in [0.1, 0.15) is 18.2 Å². The van der Waals surface area contributed by atoms with Crippen molar-refractivity contribution < 1.29 is 4.74 Å². The van der Waals surface area contributed by atoms with Gasteiger partial charge in [0.05, 0.1) is 6.21 Å². The summed E-state index contributed by atoms with van der Waals surface area (Å²) in [5.41, 5.74) is 4.99. The van der Waals surface area contributed by atoms with Gasteiger partial charge in [-0.3, -0.25) is 5.43 Å². The summed E-state index contributed by atoms with van der Waals surface area (Å²) in [5, 5.41) is 4.23. The zero-order valence-electron chi connectivity index (χ0n) is 12.6. The third-order valence-corrected chi connectivity index (χ3v) is 3.24. The molecule has 3 rings (SSSR count). The first-order valence-electron chi connectivity index (χ1n) is 7.38. The van der Waals surface area contributed by atoms with Gasteiger partial charge in [0.25, 0.3) is 0 Å². The molecule has 0 aliphatic rings. The molecule has 4 heteroatoms. The fraction of sp³-hybridized carbons (Fsp3) is 0.0526. The average Bonchev–Trinajstić information content (AvgIpc) is 2.63. The van der Waals surface area contributed by atoms with Crippen LogP contribution in [0.25, 0.3) is 0 Å². The van der Waals surface area contributed by atoms with E-state index in [0.29, 0.717) is 12.4 Å². The maximum atomic E-state index is 5.80. The normalized spacial score (nSPS) is 10.6. The Bertz CT molecular complexity index is 758. The summed E-state index contributed by atoms with van der Waals surface area (Å²) in [7, 11) is 0. The fourth-order valence-corrected chi connectivity index (χ4v) is 2.07. The van der Waals surface area contributed by atoms with Gasteiger partial charge >= 0.3 is 0 Å². The van der Waals surface area contributed by atoms with Crippen molar-refractivity contribution >= 4 is 12.0 Å². The molecule has 2 aromatic carbocycles. The number of hydrogen-bond acceptors (Lipinski definition) is 4. The highest BCUT2D eigenvalue weighted by atomic mass is 16.5. The first-order valence-corrected chi connectivity index (χ1v) is 7.38. The van der Waals surface area contributed by atoms with Gasteiger partial charge in [-0.2, -0.15) is 5.10 Å². The van der Waals surface area contributed by atoms with Crippen LogP contribution in [0.2, 0.25) is 0 Å². The van der Waals surface area contributed by atoms with Gasteiger partial charge in [-0.25, -0.2) is 4.98 Å². The van der Waals surface area contributed by atoms with E-state index >= 15 is 0 Å². The monoisotopic (exact) mass is 303 g/mol. The van der Waals surface area contributed by atoms with Crippen LogP contribution < -0.4 is 10.2 Å². The molecule has 1 heterocycles. The Morgan fingerprint density at radius 1 is 0.913 bits per heavy atom. The van der Waals surface area contributed by atoms with E-state index in [0.717, 1.165) is 16.9 Å². The van der Waals surface area contributed by atoms with Gasteiger partial charge < -0.3 is 4.74 Å². The minimum Gasteiger partial charge on any atom is -0.489 e. The number of aromatic nitrogens is 1. The van der Waals surface area contributed by atoms with Crippen LogP contribution in [-0.2, 0) is 6.61 Å². The van der Waals surface area contributed by atoms with E-state index in [2.05, 4.69) is 15.5 Å². The second kappa shape index (κ2) is 7.75. The lowest BCUT2D eigenvalue weighted by atomic mass is 10.1. The molecule has 0 amide bonds. The Labute approximate surface area is 135 Å². The number of benzene rings is 2. The Hall–Kier alpha value is -3.14. The van der Waals surface area contributed by atoms with Crippen molar-refractivity contribution in [2.24, 2.45) is 5.10 Å². The van der Waals surface area contributed by atoms with E-state index in [1.165, 1.54) is 0 Å². The standard InChI is InChI=1S/C19H17N3O/c1-2-10-18(11-3-1)23-15-17-9-5-4-8-16(17)14-21-22-19-12-6-7-13-20-19/h1-14H,15H2,(H,20,22)/b21-14+. The minimum absolute atomic E-state index is 0.496. The number of ether oxygens (including phenoxy) is 1. The van der Waals surface area contributed by atoms with E-state index in [1.54, 1.807) is 12.4 Å². The van der Waals surface area contributed by atoms with Crippen LogP contribution in [0.4, 0.5) is 5.82 Å². The SMILES string of the molecule is C(=N\Nc1ccccn1)/c1ccccc1COc1ccccc1. The largest absolute Gasteiger partial charge is 0.489 e. The lowest BCUT2D eigenvalue weighted by Crippen LogP contribution is -2.00. The van der Waals surface area contributed by atoms with Crippen LogP contribution in [0.3, 0.4) is 0 Å². The van der Waals surface area contributed by atoms with Gasteiger partial charge in [0.2, 0.25) is 0 Å². The molecule has 23 heavy (non-hydrogen) atoms. The molecular weight excluding hydrogens is 286 g/mol. The maximum absolute atomic E-state index is 5.80. The maximum Gasteiger partial charge on any atom is 0.146 e. The van der Waals surface area contributed by atoms with Crippen molar-refractivity contribution in [3.05, 3.63) is 90.1 Å². The topological polar surface area (TPSA) is 46.5 Å². The second-order valence-electron chi connectivity index (χ2n) is 4.89. The second-order valence-corrected chi connectivity index (χ2v) is 4.89. The highest BCUT2D eigenvalue weighted by molar-refractivity contribution is 5.82. The van der Waals surface area contributed by atoms with E-state index in [1.807, 2.05) is 72.8 Å². The summed E-state index contributed by atoms with van der Waals surface area (Å²) >= 11 is 0. The molecular formula is C19H17N3O. The van der Waals surface area contributed by atoms with Crippen LogP contribution >= 0.6 is 0 Å². The summed E-state index contributed by atoms with van der Waals surface area (Å²) in [5.74, 6) is 1.56. The lowest BCUT2D eigenvalue weighted by molar-refractivity contribution is 0.306. The highest BCUT2D eigenvalue weighted by Crippen LogP contribution is 2.13. The summed E-state index contributed by atoms with van der Waals surface area (Å²) in [6, 6.07) is 23.4. The van der Waals surface area contributed by atoms with Gasteiger partial charge in [-0.05, 0) is 29.8 Å². The number of para-hydroxylation sites is 1. The minimum atomic E-state index is 0.496. The summed E-state index contributed by atoms with van der Waals surface area (Å²) in [6.07, 6.45) is 3.50. The molecule has 0 spiro atoms. The molecule has 114 valence electrons. The number of anilines is 1. The zero-order valence-corrected chi connectivity index (χ0v) is 12.6. The molecule has 1 aromatic heterocycles. The number of hydrogen-bond donors (Lipinski definition) is 1. The number of pyridine rings is 1. The van der Waals surface area contributed by atoms with Gasteiger partial charge in [-0.15, -0.1) is 0 Å². The molecule has 1 N–H and O–H groups in total. The van der Waals surface area contributed by atoms with E-state index < -0.39 is 0 Å². The Kier molecular flexibility index (Phi) is 4.98. The van der Waals surface area contributed by atoms with Crippen LogP contribution in [0, 0.1) is 0 Å². The van der Waals surface area contributed by atoms with Gasteiger partial charge in [0.15, 0.2) is 0 Å². The van der Waals surface area contributed by atoms with E-state index in [4.69, 9.17) is 4.74 Å². The first-order chi connectivity index (χ1) is 11.4. The molecule has 0 fully saturated rings. The quantitative estimate of drug-likeness (QED) is 0.550. The number of nitrogens with zero attached hydrogens (tertiary/aromatic N) is 2. The Balaban J connectivity index is 1.65. The van der Waals surface area contributed by atoms with Crippen LogP contribution in [0.1, 0.15) is 11.1 Å². The van der Waals surface area contributed by atoms with Crippen LogP contribution in [0.15, 0.2) is 84.1 Å². The molecule has 0 saturated heterocycles. The van der Waals surface area contributed by atoms with E-state index in [9.17, 15) is 0 Å². The van der Waals surface area contributed by atoms with E-state index in [-0.39, 0.29) is 0 Å². The van der Waals surface area contributed by atoms with Crippen LogP contribution in [-0.4, -0.2) is 11.2 Å². The van der Waals surface area contributed by atoms with Crippen molar-refractivity contribution in [3.8, 4) is 5.75 Å². The average molecular weight is 303 g/mol. The van der Waals surface area contributed by atoms with Crippen molar-refractivity contribution in [1.82, 2.24) is 4.98 Å². The lowest BCUT2D eigenvalue weighted by Gasteiger charge is -2.08. The number of nitrogens with one attached hydrogen (secondary N) is 1. The van der Waals surface area contributed by atoms with Crippen LogP contribution in [0.5, 0.6) is 5.75 Å². The molecule has 0 radical (unpaired) electrons. The summed E-state index contributed by atoms with van der Waals surface area (Å²) in [6.45, 7) is 0.496. The van der Waals surface area contributed by atoms with Gasteiger partial charge in [0, 0.05) is 11.8 Å². The zero-order chi connectivity index (χ0) is 15.7. The highest BCUT2D eigenvalue weighted by Gasteiger charge is 2.01. The molecule has 0 atom stereocenters. The molecule has 4 nitrogen and oxygen atoms in total. The predicted octanol–water partition coefficient (Wildman–Crippen LogP) is 4.11. The number of hydrazone groups is 1. The summed E-state index contributed by atoms with van der Waals surface area (Å²) in [4.78, 5) is 4.16. The van der Waals surface area contributed by atoms with Crippen molar-refractivity contribution in [1.29, 1.82) is 0 Å². The molecule has 0 saturated carbocycles. The third kappa shape index (κ3) is 4.41. The summed E-state index contributed by atoms with van der Waals surface area (Å²) < 4.78 is 5.80. The molecule has 3 aromatic rings. The molecule has 0 bridgehead atoms. The smallest absolute Gasteiger partial charge is 0.146 e. The van der Waals surface area contributed by atoms with Crippen molar-refractivity contribution in [3.63, 3.8) is 0 Å². The fourth-order valence-electron chi connectivity index (χ4n) is 2.07. The van der Waals surface area contributed by atoms with Gasteiger partial charge in [-0.1, -0.05) is 48.5 Å². The predicted molar refractivity (Wildman–Crippen MR) is 92.7 cm³/mol. The molecule has 0 aliphatic carbocycles. The number of rotatable bonds is 6. The van der Waals surface area contributed by atoms with Crippen molar-refractivity contribution in [2.45, 2.75) is 6.61 Å². The molecule has 0 aliphatic heterocycles. The third-order valence-electron chi connectivity index (χ3n) is 3.24. The van der Waals surface area contributed by atoms with Crippen molar-refractivity contribution in [2.75, 3.05) is 5.43 Å².